The molecule has 0 spiro atoms. The van der Waals surface area contributed by atoms with Crippen LogP contribution in [0.2, 0.25) is 0 Å². The Labute approximate surface area is 157 Å². The molecule has 3 rings (SSSR count). The van der Waals surface area contributed by atoms with Gasteiger partial charge < -0.3 is 10.1 Å². The van der Waals surface area contributed by atoms with E-state index < -0.39 is 22.0 Å². The fourth-order valence-corrected chi connectivity index (χ4v) is 4.14. The van der Waals surface area contributed by atoms with Crippen LogP contribution in [0.4, 0.5) is 0 Å². The predicted octanol–water partition coefficient (Wildman–Crippen LogP) is -0.581. The third-order valence-corrected chi connectivity index (χ3v) is 6.53. The van der Waals surface area contributed by atoms with Crippen molar-refractivity contribution in [2.45, 2.75) is 12.6 Å². The van der Waals surface area contributed by atoms with Gasteiger partial charge in [-0.2, -0.15) is 0 Å². The Morgan fingerprint density at radius 2 is 2.07 bits per heavy atom. The molecule has 2 heterocycles. The van der Waals surface area contributed by atoms with Crippen LogP contribution in [0.15, 0.2) is 35.4 Å². The van der Waals surface area contributed by atoms with Crippen LogP contribution in [0, 0.1) is 5.92 Å². The topological polar surface area (TPSA) is 111 Å². The van der Waals surface area contributed by atoms with E-state index in [0.717, 1.165) is 4.31 Å². The van der Waals surface area contributed by atoms with E-state index in [-0.39, 0.29) is 37.0 Å². The van der Waals surface area contributed by atoms with Crippen molar-refractivity contribution in [2.75, 3.05) is 33.1 Å². The summed E-state index contributed by atoms with van der Waals surface area (Å²) in [5, 5.41) is 3.22. The molecule has 1 aromatic carbocycles. The zero-order chi connectivity index (χ0) is 19.6. The average Bonchev–Trinajstić information content (AvgIpc) is 3.03. The number of ether oxygens (including phenoxy) is 1. The smallest absolute Gasteiger partial charge is 0.261 e. The molecule has 10 heteroatoms. The fourth-order valence-electron chi connectivity index (χ4n) is 2.97. The maximum atomic E-state index is 12.5. The van der Waals surface area contributed by atoms with Crippen LogP contribution >= 0.6 is 0 Å². The Kier molecular flexibility index (Phi) is 5.59. The Morgan fingerprint density at radius 3 is 2.81 bits per heavy atom. The van der Waals surface area contributed by atoms with Crippen LogP contribution in [-0.2, 0) is 26.1 Å². The molecule has 0 aliphatic carbocycles. The standard InChI is InChI=1S/C17H22N4O5S/c1-20(2)27(24,25)10-12-8-26-9-15(12)19-16(22)7-21-11-18-14-6-4-3-5-13(14)17(21)23/h3-6,11-12,15H,7-10H2,1-2H3,(H,19,22)/t12-,15+/m0/s1. The number of sulfonamides is 1. The van der Waals surface area contributed by atoms with Gasteiger partial charge in [-0.3, -0.25) is 14.2 Å². The van der Waals surface area contributed by atoms with Crippen molar-refractivity contribution in [2.24, 2.45) is 5.92 Å². The minimum atomic E-state index is -3.40. The summed E-state index contributed by atoms with van der Waals surface area (Å²) in [7, 11) is -0.463. The molecule has 2 aromatic rings. The van der Waals surface area contributed by atoms with Gasteiger partial charge >= 0.3 is 0 Å². The molecule has 146 valence electrons. The summed E-state index contributed by atoms with van der Waals surface area (Å²) in [6.07, 6.45) is 1.34. The third kappa shape index (κ3) is 4.34. The number of hydrogen-bond donors (Lipinski definition) is 1. The first-order valence-electron chi connectivity index (χ1n) is 8.49. The summed E-state index contributed by atoms with van der Waals surface area (Å²) in [5.41, 5.74) is 0.266. The number of nitrogens with zero attached hydrogens (tertiary/aromatic N) is 3. The van der Waals surface area contributed by atoms with E-state index in [9.17, 15) is 18.0 Å². The molecule has 0 unspecified atom stereocenters. The lowest BCUT2D eigenvalue weighted by Gasteiger charge is -2.21. The summed E-state index contributed by atoms with van der Waals surface area (Å²) >= 11 is 0. The highest BCUT2D eigenvalue weighted by atomic mass is 32.2. The average molecular weight is 394 g/mol. The molecule has 1 aliphatic rings. The number of fused-ring (bicyclic) bond motifs is 1. The van der Waals surface area contributed by atoms with Crippen LogP contribution in [0.3, 0.4) is 0 Å². The van der Waals surface area contributed by atoms with Crippen molar-refractivity contribution < 1.29 is 17.9 Å². The first-order chi connectivity index (χ1) is 12.8. The second kappa shape index (κ2) is 7.75. The van der Waals surface area contributed by atoms with Gasteiger partial charge in [0.25, 0.3) is 5.56 Å². The summed E-state index contributed by atoms with van der Waals surface area (Å²) in [4.78, 5) is 29.0. The maximum Gasteiger partial charge on any atom is 0.261 e. The van der Waals surface area contributed by atoms with Crippen LogP contribution < -0.4 is 10.9 Å². The van der Waals surface area contributed by atoms with Crippen molar-refractivity contribution in [3.63, 3.8) is 0 Å². The molecular weight excluding hydrogens is 372 g/mol. The van der Waals surface area contributed by atoms with Crippen LogP contribution in [0.1, 0.15) is 0 Å². The van der Waals surface area contributed by atoms with Crippen molar-refractivity contribution in [1.82, 2.24) is 19.2 Å². The van der Waals surface area contributed by atoms with Crippen molar-refractivity contribution in [3.05, 3.63) is 40.9 Å². The summed E-state index contributed by atoms with van der Waals surface area (Å²) in [6, 6.07) is 6.49. The lowest BCUT2D eigenvalue weighted by atomic mass is 10.1. The van der Waals surface area contributed by atoms with Gasteiger partial charge in [0.2, 0.25) is 15.9 Å². The van der Waals surface area contributed by atoms with Gasteiger partial charge in [-0.1, -0.05) is 12.1 Å². The van der Waals surface area contributed by atoms with E-state index in [1.165, 1.54) is 25.0 Å². The highest BCUT2D eigenvalue weighted by Crippen LogP contribution is 2.17. The van der Waals surface area contributed by atoms with Crippen LogP contribution in [0.25, 0.3) is 10.9 Å². The van der Waals surface area contributed by atoms with Crippen LogP contribution in [0.5, 0.6) is 0 Å². The number of aromatic nitrogens is 2. The fraction of sp³-hybridized carbons (Fsp3) is 0.471. The van der Waals surface area contributed by atoms with Gasteiger partial charge in [0.05, 0.1) is 42.2 Å². The molecule has 1 aliphatic heterocycles. The van der Waals surface area contributed by atoms with Gasteiger partial charge in [-0.15, -0.1) is 0 Å². The Hall–Kier alpha value is -2.30. The molecule has 1 N–H and O–H groups in total. The van der Waals surface area contributed by atoms with Gasteiger partial charge in [-0.25, -0.2) is 17.7 Å². The van der Waals surface area contributed by atoms with Gasteiger partial charge in [0.1, 0.15) is 6.54 Å². The van der Waals surface area contributed by atoms with E-state index in [4.69, 9.17) is 4.74 Å². The molecule has 1 saturated heterocycles. The molecule has 1 amide bonds. The van der Waals surface area contributed by atoms with Crippen molar-refractivity contribution >= 4 is 26.8 Å². The molecule has 0 saturated carbocycles. The minimum absolute atomic E-state index is 0.109. The molecule has 2 atom stereocenters. The SMILES string of the molecule is CN(C)S(=O)(=O)C[C@@H]1COC[C@H]1NC(=O)Cn1cnc2ccccc2c1=O. The number of nitrogens with one attached hydrogen (secondary N) is 1. The first-order valence-corrected chi connectivity index (χ1v) is 10.1. The van der Waals surface area contributed by atoms with Crippen LogP contribution in [-0.4, -0.2) is 67.3 Å². The number of para-hydroxylation sites is 1. The molecule has 0 bridgehead atoms. The van der Waals surface area contributed by atoms with E-state index in [1.54, 1.807) is 24.3 Å². The molecule has 1 aromatic heterocycles. The summed E-state index contributed by atoms with van der Waals surface area (Å²) < 4.78 is 31.9. The highest BCUT2D eigenvalue weighted by molar-refractivity contribution is 7.89. The molecule has 1 fully saturated rings. The Morgan fingerprint density at radius 1 is 1.33 bits per heavy atom. The monoisotopic (exact) mass is 394 g/mol. The summed E-state index contributed by atoms with van der Waals surface area (Å²) in [6.45, 7) is 0.306. The predicted molar refractivity (Wildman–Crippen MR) is 99.7 cm³/mol. The highest BCUT2D eigenvalue weighted by Gasteiger charge is 2.34. The number of rotatable bonds is 6. The zero-order valence-electron chi connectivity index (χ0n) is 15.2. The normalized spacial score (nSPS) is 20.3. The quantitative estimate of drug-likeness (QED) is 0.702. The molecular formula is C17H22N4O5S. The number of benzene rings is 1. The maximum absolute atomic E-state index is 12.5. The van der Waals surface area contributed by atoms with E-state index in [0.29, 0.717) is 10.9 Å². The summed E-state index contributed by atoms with van der Waals surface area (Å²) in [5.74, 6) is -0.840. The second-order valence-corrected chi connectivity index (χ2v) is 8.95. The van der Waals surface area contributed by atoms with E-state index in [1.807, 2.05) is 0 Å². The minimum Gasteiger partial charge on any atom is -0.379 e. The molecule has 9 nitrogen and oxygen atoms in total. The lowest BCUT2D eigenvalue weighted by Crippen LogP contribution is -2.45. The Balaban J connectivity index is 1.69. The van der Waals surface area contributed by atoms with Gasteiger partial charge in [0.15, 0.2) is 0 Å². The van der Waals surface area contributed by atoms with Crippen molar-refractivity contribution in [1.29, 1.82) is 0 Å². The van der Waals surface area contributed by atoms with E-state index >= 15 is 0 Å². The zero-order valence-corrected chi connectivity index (χ0v) is 16.0. The molecule has 0 radical (unpaired) electrons. The second-order valence-electron chi connectivity index (χ2n) is 6.73. The first kappa shape index (κ1) is 19.5. The lowest BCUT2D eigenvalue weighted by molar-refractivity contribution is -0.122. The van der Waals surface area contributed by atoms with E-state index in [2.05, 4.69) is 10.3 Å². The number of amides is 1. The third-order valence-electron chi connectivity index (χ3n) is 4.57. The van der Waals surface area contributed by atoms with Gasteiger partial charge in [0, 0.05) is 20.0 Å². The number of hydrogen-bond acceptors (Lipinski definition) is 6. The number of carbonyl (C=O) groups excluding carboxylic acids is 1. The van der Waals surface area contributed by atoms with Gasteiger partial charge in [-0.05, 0) is 12.1 Å². The number of carbonyl (C=O) groups is 1. The largest absolute Gasteiger partial charge is 0.379 e. The molecule has 27 heavy (non-hydrogen) atoms. The Bertz CT molecular complexity index is 1000. The van der Waals surface area contributed by atoms with Crippen molar-refractivity contribution in [3.8, 4) is 0 Å².